The van der Waals surface area contributed by atoms with E-state index in [4.69, 9.17) is 0 Å². The minimum atomic E-state index is 0.488. The van der Waals surface area contributed by atoms with Crippen LogP contribution in [0.3, 0.4) is 0 Å². The summed E-state index contributed by atoms with van der Waals surface area (Å²) in [6.45, 7) is 0. The SMILES string of the molecule is O=Nc1ccc(CP)cc1. The molecule has 0 bridgehead atoms. The monoisotopic (exact) mass is 153 g/mol. The number of nitrogens with zero attached hydrogens (tertiary/aromatic N) is 1. The molecule has 0 heterocycles. The lowest BCUT2D eigenvalue weighted by molar-refractivity contribution is 1.39. The molecule has 0 aromatic heterocycles. The van der Waals surface area contributed by atoms with Crippen molar-refractivity contribution in [2.24, 2.45) is 5.18 Å². The Morgan fingerprint density at radius 2 is 1.90 bits per heavy atom. The van der Waals surface area contributed by atoms with Crippen LogP contribution in [0.5, 0.6) is 0 Å². The van der Waals surface area contributed by atoms with Gasteiger partial charge < -0.3 is 0 Å². The van der Waals surface area contributed by atoms with Crippen molar-refractivity contribution in [1.82, 2.24) is 0 Å². The molecule has 1 atom stereocenters. The summed E-state index contributed by atoms with van der Waals surface area (Å²) in [6, 6.07) is 7.21. The highest BCUT2D eigenvalue weighted by molar-refractivity contribution is 7.15. The first-order chi connectivity index (χ1) is 4.86. The van der Waals surface area contributed by atoms with E-state index in [-0.39, 0.29) is 0 Å². The van der Waals surface area contributed by atoms with Gasteiger partial charge in [0.1, 0.15) is 5.69 Å². The standard InChI is InChI=1S/C7H8NOP/c9-8-7-3-1-6(5-10)2-4-7/h1-4H,5,10H2. The Hall–Kier alpha value is -0.750. The summed E-state index contributed by atoms with van der Waals surface area (Å²) in [4.78, 5) is 9.95. The zero-order valence-electron chi connectivity index (χ0n) is 5.45. The smallest absolute Gasteiger partial charge is 0.108 e. The molecule has 3 heteroatoms. The van der Waals surface area contributed by atoms with Gasteiger partial charge in [-0.15, -0.1) is 14.1 Å². The van der Waals surface area contributed by atoms with Crippen LogP contribution in [0, 0.1) is 4.91 Å². The number of benzene rings is 1. The predicted molar refractivity (Wildman–Crippen MR) is 45.3 cm³/mol. The Morgan fingerprint density at radius 3 is 2.30 bits per heavy atom. The molecule has 2 nitrogen and oxygen atoms in total. The molecule has 0 amide bonds. The van der Waals surface area contributed by atoms with E-state index < -0.39 is 0 Å². The molecule has 0 aliphatic heterocycles. The van der Waals surface area contributed by atoms with Gasteiger partial charge in [0.05, 0.1) is 0 Å². The maximum Gasteiger partial charge on any atom is 0.108 e. The van der Waals surface area contributed by atoms with Crippen LogP contribution in [0.1, 0.15) is 5.56 Å². The van der Waals surface area contributed by atoms with E-state index in [0.717, 1.165) is 6.16 Å². The van der Waals surface area contributed by atoms with Gasteiger partial charge in [-0.1, -0.05) is 12.1 Å². The summed E-state index contributed by atoms with van der Waals surface area (Å²) in [6.07, 6.45) is 0.916. The van der Waals surface area contributed by atoms with E-state index in [2.05, 4.69) is 14.4 Å². The van der Waals surface area contributed by atoms with Gasteiger partial charge in [0.25, 0.3) is 0 Å². The van der Waals surface area contributed by atoms with Crippen LogP contribution in [0.4, 0.5) is 5.69 Å². The highest BCUT2D eigenvalue weighted by Crippen LogP contribution is 2.13. The van der Waals surface area contributed by atoms with Crippen molar-refractivity contribution >= 4 is 14.9 Å². The van der Waals surface area contributed by atoms with E-state index in [1.165, 1.54) is 5.56 Å². The van der Waals surface area contributed by atoms with Gasteiger partial charge in [0, 0.05) is 0 Å². The fourth-order valence-corrected chi connectivity index (χ4v) is 0.965. The second-order valence-corrected chi connectivity index (χ2v) is 2.37. The lowest BCUT2D eigenvalue weighted by atomic mass is 10.2. The van der Waals surface area contributed by atoms with Crippen LogP contribution in [0.25, 0.3) is 0 Å². The third-order valence-corrected chi connectivity index (χ3v) is 1.75. The van der Waals surface area contributed by atoms with Crippen LogP contribution >= 0.6 is 9.24 Å². The third-order valence-electron chi connectivity index (χ3n) is 1.28. The number of hydrogen-bond donors (Lipinski definition) is 0. The molecule has 0 fully saturated rings. The molecule has 10 heavy (non-hydrogen) atoms. The second-order valence-electron chi connectivity index (χ2n) is 1.96. The van der Waals surface area contributed by atoms with Crippen molar-refractivity contribution in [1.29, 1.82) is 0 Å². The summed E-state index contributed by atoms with van der Waals surface area (Å²) in [5, 5.41) is 2.79. The van der Waals surface area contributed by atoms with Crippen molar-refractivity contribution in [3.63, 3.8) is 0 Å². The number of rotatable bonds is 2. The van der Waals surface area contributed by atoms with Gasteiger partial charge in [0.15, 0.2) is 0 Å². The summed E-state index contributed by atoms with van der Waals surface area (Å²) < 4.78 is 0. The molecular weight excluding hydrogens is 145 g/mol. The lowest BCUT2D eigenvalue weighted by Crippen LogP contribution is -1.72. The van der Waals surface area contributed by atoms with Crippen LogP contribution in [0.2, 0.25) is 0 Å². The van der Waals surface area contributed by atoms with Crippen LogP contribution in [-0.4, -0.2) is 0 Å². The Bertz CT molecular complexity index is 220. The minimum absolute atomic E-state index is 0.488. The van der Waals surface area contributed by atoms with E-state index in [1.807, 2.05) is 12.1 Å². The van der Waals surface area contributed by atoms with Crippen molar-refractivity contribution in [3.8, 4) is 0 Å². The summed E-state index contributed by atoms with van der Waals surface area (Å²) in [7, 11) is 2.62. The molecule has 1 unspecified atom stereocenters. The van der Waals surface area contributed by atoms with Crippen LogP contribution < -0.4 is 0 Å². The second kappa shape index (κ2) is 3.43. The molecule has 1 aromatic rings. The van der Waals surface area contributed by atoms with Crippen molar-refractivity contribution in [3.05, 3.63) is 34.7 Å². The summed E-state index contributed by atoms with van der Waals surface area (Å²) in [5.41, 5.74) is 1.68. The fourth-order valence-electron chi connectivity index (χ4n) is 0.693. The van der Waals surface area contributed by atoms with Crippen molar-refractivity contribution in [2.45, 2.75) is 6.16 Å². The summed E-state index contributed by atoms with van der Waals surface area (Å²) in [5.74, 6) is 0. The topological polar surface area (TPSA) is 29.4 Å². The van der Waals surface area contributed by atoms with Gasteiger partial charge in [0.2, 0.25) is 0 Å². The molecule has 0 N–H and O–H groups in total. The lowest BCUT2D eigenvalue weighted by Gasteiger charge is -1.92. The van der Waals surface area contributed by atoms with Gasteiger partial charge in [-0.05, 0) is 29.0 Å². The first kappa shape index (κ1) is 7.36. The van der Waals surface area contributed by atoms with E-state index in [0.29, 0.717) is 5.69 Å². The largest absolute Gasteiger partial charge is 0.145 e. The normalized spacial score (nSPS) is 9.30. The fraction of sp³-hybridized carbons (Fsp3) is 0.143. The average molecular weight is 153 g/mol. The van der Waals surface area contributed by atoms with Gasteiger partial charge >= 0.3 is 0 Å². The Morgan fingerprint density at radius 1 is 1.30 bits per heavy atom. The number of nitroso groups, excluding NO2 is 1. The highest BCUT2D eigenvalue weighted by atomic mass is 31.0. The molecule has 52 valence electrons. The Balaban J connectivity index is 2.90. The molecular formula is C7H8NOP. The molecule has 0 saturated heterocycles. The molecule has 0 aliphatic carbocycles. The van der Waals surface area contributed by atoms with Crippen molar-refractivity contribution < 1.29 is 0 Å². The Kier molecular flexibility index (Phi) is 2.52. The van der Waals surface area contributed by atoms with Gasteiger partial charge in [-0.25, -0.2) is 0 Å². The van der Waals surface area contributed by atoms with Gasteiger partial charge in [-0.3, -0.25) is 0 Å². The number of hydrogen-bond acceptors (Lipinski definition) is 2. The highest BCUT2D eigenvalue weighted by Gasteiger charge is 1.89. The third kappa shape index (κ3) is 1.61. The van der Waals surface area contributed by atoms with Crippen LogP contribution in [0.15, 0.2) is 29.4 Å². The van der Waals surface area contributed by atoms with E-state index >= 15 is 0 Å². The molecule has 0 saturated carbocycles. The minimum Gasteiger partial charge on any atom is -0.145 e. The molecule has 1 rings (SSSR count). The van der Waals surface area contributed by atoms with Gasteiger partial charge in [-0.2, -0.15) is 0 Å². The first-order valence-electron chi connectivity index (χ1n) is 2.99. The molecule has 0 spiro atoms. The maximum atomic E-state index is 9.95. The van der Waals surface area contributed by atoms with Crippen molar-refractivity contribution in [2.75, 3.05) is 0 Å². The predicted octanol–water partition coefficient (Wildman–Crippen LogP) is 2.46. The summed E-state index contributed by atoms with van der Waals surface area (Å²) >= 11 is 0. The average Bonchev–Trinajstić information content (AvgIpc) is 2.05. The first-order valence-corrected chi connectivity index (χ1v) is 3.81. The Labute approximate surface area is 61.8 Å². The zero-order chi connectivity index (χ0) is 7.40. The van der Waals surface area contributed by atoms with E-state index in [9.17, 15) is 4.91 Å². The zero-order valence-corrected chi connectivity index (χ0v) is 6.60. The molecule has 1 aromatic carbocycles. The maximum absolute atomic E-state index is 9.95. The molecule has 0 aliphatic rings. The van der Waals surface area contributed by atoms with E-state index in [1.54, 1.807) is 12.1 Å². The quantitative estimate of drug-likeness (QED) is 0.474. The van der Waals surface area contributed by atoms with Crippen LogP contribution in [-0.2, 0) is 6.16 Å². The molecule has 0 radical (unpaired) electrons.